The highest BCUT2D eigenvalue weighted by atomic mass is 32.1. The largest absolute Gasteiger partial charge is 0.388 e. The van der Waals surface area contributed by atoms with Gasteiger partial charge in [0.1, 0.15) is 0 Å². The average Bonchev–Trinajstić information content (AvgIpc) is 2.63. The highest BCUT2D eigenvalue weighted by Crippen LogP contribution is 2.30. The zero-order valence-corrected chi connectivity index (χ0v) is 14.6. The molecule has 1 saturated heterocycles. The molecule has 0 aromatic heterocycles. The predicted molar refractivity (Wildman–Crippen MR) is 98.3 cm³/mol. The number of rotatable bonds is 3. The Hall–Kier alpha value is -1.13. The molecule has 1 aromatic carbocycles. The molecule has 3 rings (SSSR count). The van der Waals surface area contributed by atoms with Crippen LogP contribution in [-0.2, 0) is 0 Å². The van der Waals surface area contributed by atoms with Gasteiger partial charge in [0.15, 0.2) is 5.11 Å². The Balaban J connectivity index is 1.47. The van der Waals surface area contributed by atoms with Crippen LogP contribution in [0.3, 0.4) is 0 Å². The molecule has 1 heterocycles. The van der Waals surface area contributed by atoms with Crippen molar-refractivity contribution in [2.75, 3.05) is 13.1 Å². The van der Waals surface area contributed by atoms with E-state index in [2.05, 4.69) is 10.2 Å². The van der Waals surface area contributed by atoms with Gasteiger partial charge in [-0.05, 0) is 49.4 Å². The summed E-state index contributed by atoms with van der Waals surface area (Å²) in [6, 6.07) is 10.6. The molecule has 4 heteroatoms. The van der Waals surface area contributed by atoms with Gasteiger partial charge >= 0.3 is 0 Å². The number of aliphatic hydroxyl groups excluding tert-OH is 1. The summed E-state index contributed by atoms with van der Waals surface area (Å²) in [7, 11) is 0. The lowest BCUT2D eigenvalue weighted by Crippen LogP contribution is -2.48. The molecular weight excluding hydrogens is 304 g/mol. The SMILES string of the molecule is O[C@@H](c1ccccc1)C1CCN(C(=S)NC2CCCCC2)CC1. The van der Waals surface area contributed by atoms with Crippen molar-refractivity contribution in [3.8, 4) is 0 Å². The van der Waals surface area contributed by atoms with Gasteiger partial charge in [0, 0.05) is 19.1 Å². The van der Waals surface area contributed by atoms with Crippen LogP contribution in [0.15, 0.2) is 30.3 Å². The lowest BCUT2D eigenvalue weighted by Gasteiger charge is -2.37. The van der Waals surface area contributed by atoms with Gasteiger partial charge in [-0.1, -0.05) is 49.6 Å². The smallest absolute Gasteiger partial charge is 0.169 e. The molecule has 2 fully saturated rings. The van der Waals surface area contributed by atoms with Crippen LogP contribution >= 0.6 is 12.2 Å². The molecule has 3 nitrogen and oxygen atoms in total. The maximum Gasteiger partial charge on any atom is 0.169 e. The minimum absolute atomic E-state index is 0.339. The molecule has 126 valence electrons. The summed E-state index contributed by atoms with van der Waals surface area (Å²) in [4.78, 5) is 2.29. The van der Waals surface area contributed by atoms with E-state index in [0.717, 1.165) is 36.6 Å². The third-order valence-electron chi connectivity index (χ3n) is 5.35. The zero-order chi connectivity index (χ0) is 16.1. The zero-order valence-electron chi connectivity index (χ0n) is 13.8. The van der Waals surface area contributed by atoms with Crippen LogP contribution in [0.4, 0.5) is 0 Å². The number of nitrogens with one attached hydrogen (secondary N) is 1. The van der Waals surface area contributed by atoms with E-state index >= 15 is 0 Å². The summed E-state index contributed by atoms with van der Waals surface area (Å²) in [6.07, 6.45) is 8.18. The second-order valence-corrected chi connectivity index (χ2v) is 7.35. The summed E-state index contributed by atoms with van der Waals surface area (Å²) in [5.41, 5.74) is 1.04. The van der Waals surface area contributed by atoms with Gasteiger partial charge in [0.25, 0.3) is 0 Å². The summed E-state index contributed by atoms with van der Waals surface area (Å²) < 4.78 is 0. The molecular formula is C19H28N2OS. The van der Waals surface area contributed by atoms with Crippen LogP contribution in [0.1, 0.15) is 56.6 Å². The Bertz CT molecular complexity index is 493. The summed E-state index contributed by atoms with van der Waals surface area (Å²) in [5.74, 6) is 0.339. The standard InChI is InChI=1S/C19H28N2OS/c22-18(15-7-3-1-4-8-15)16-11-13-21(14-12-16)19(23)20-17-9-5-2-6-10-17/h1,3-4,7-8,16-18,22H,2,5-6,9-14H2,(H,20,23)/t18-/m0/s1. The molecule has 1 saturated carbocycles. The minimum atomic E-state index is -0.349. The monoisotopic (exact) mass is 332 g/mol. The molecule has 1 aromatic rings. The van der Waals surface area contributed by atoms with Gasteiger partial charge < -0.3 is 15.3 Å². The number of nitrogens with zero attached hydrogens (tertiary/aromatic N) is 1. The molecule has 1 aliphatic carbocycles. The Labute approximate surface area is 145 Å². The van der Waals surface area contributed by atoms with E-state index in [1.165, 1.54) is 32.1 Å². The second-order valence-electron chi connectivity index (χ2n) is 6.96. The number of hydrogen-bond donors (Lipinski definition) is 2. The Morgan fingerprint density at radius 1 is 1.04 bits per heavy atom. The third kappa shape index (κ3) is 4.45. The van der Waals surface area contributed by atoms with Gasteiger partial charge in [-0.25, -0.2) is 0 Å². The van der Waals surface area contributed by atoms with E-state index in [0.29, 0.717) is 12.0 Å². The first kappa shape index (κ1) is 16.7. The van der Waals surface area contributed by atoms with Crippen LogP contribution < -0.4 is 5.32 Å². The van der Waals surface area contributed by atoms with E-state index in [1.807, 2.05) is 30.3 Å². The average molecular weight is 333 g/mol. The van der Waals surface area contributed by atoms with Crippen LogP contribution in [0.5, 0.6) is 0 Å². The normalized spacial score (nSPS) is 21.9. The Kier molecular flexibility index (Phi) is 5.90. The lowest BCUT2D eigenvalue weighted by molar-refractivity contribution is 0.0736. The van der Waals surface area contributed by atoms with Crippen molar-refractivity contribution in [3.63, 3.8) is 0 Å². The van der Waals surface area contributed by atoms with Gasteiger partial charge in [-0.2, -0.15) is 0 Å². The quantitative estimate of drug-likeness (QED) is 0.829. The van der Waals surface area contributed by atoms with E-state index in [4.69, 9.17) is 12.2 Å². The Morgan fingerprint density at radius 2 is 1.70 bits per heavy atom. The fourth-order valence-corrected chi connectivity index (χ4v) is 4.20. The number of piperidine rings is 1. The number of hydrogen-bond acceptors (Lipinski definition) is 2. The number of thiocarbonyl (C=S) groups is 1. The molecule has 0 radical (unpaired) electrons. The van der Waals surface area contributed by atoms with Crippen LogP contribution in [0.2, 0.25) is 0 Å². The van der Waals surface area contributed by atoms with Crippen LogP contribution in [-0.4, -0.2) is 34.3 Å². The fourth-order valence-electron chi connectivity index (χ4n) is 3.85. The maximum absolute atomic E-state index is 10.6. The van der Waals surface area contributed by atoms with Crippen molar-refractivity contribution in [2.24, 2.45) is 5.92 Å². The van der Waals surface area contributed by atoms with E-state index in [1.54, 1.807) is 0 Å². The first-order valence-electron chi connectivity index (χ1n) is 9.02. The highest BCUT2D eigenvalue weighted by molar-refractivity contribution is 7.80. The lowest BCUT2D eigenvalue weighted by atomic mass is 9.87. The second kappa shape index (κ2) is 8.11. The van der Waals surface area contributed by atoms with Crippen molar-refractivity contribution in [1.29, 1.82) is 0 Å². The molecule has 0 amide bonds. The first-order chi connectivity index (χ1) is 11.2. The van der Waals surface area contributed by atoms with Crippen molar-refractivity contribution < 1.29 is 5.11 Å². The number of benzene rings is 1. The van der Waals surface area contributed by atoms with Crippen LogP contribution in [0, 0.1) is 5.92 Å². The van der Waals surface area contributed by atoms with Crippen molar-refractivity contribution >= 4 is 17.3 Å². The molecule has 0 bridgehead atoms. The first-order valence-corrected chi connectivity index (χ1v) is 9.43. The summed E-state index contributed by atoms with van der Waals surface area (Å²) in [6.45, 7) is 1.90. The van der Waals surface area contributed by atoms with Crippen molar-refractivity contribution in [2.45, 2.75) is 57.1 Å². The van der Waals surface area contributed by atoms with Gasteiger partial charge in [-0.3, -0.25) is 0 Å². The minimum Gasteiger partial charge on any atom is -0.388 e. The number of aliphatic hydroxyl groups is 1. The molecule has 1 atom stereocenters. The highest BCUT2D eigenvalue weighted by Gasteiger charge is 2.27. The Morgan fingerprint density at radius 3 is 2.35 bits per heavy atom. The fraction of sp³-hybridized carbons (Fsp3) is 0.632. The summed E-state index contributed by atoms with van der Waals surface area (Å²) in [5, 5.41) is 15.0. The van der Waals surface area contributed by atoms with Crippen molar-refractivity contribution in [3.05, 3.63) is 35.9 Å². The maximum atomic E-state index is 10.6. The molecule has 23 heavy (non-hydrogen) atoms. The van der Waals surface area contributed by atoms with E-state index in [9.17, 15) is 5.11 Å². The topological polar surface area (TPSA) is 35.5 Å². The van der Waals surface area contributed by atoms with E-state index in [-0.39, 0.29) is 6.10 Å². The summed E-state index contributed by atoms with van der Waals surface area (Å²) >= 11 is 5.60. The van der Waals surface area contributed by atoms with E-state index < -0.39 is 0 Å². The van der Waals surface area contributed by atoms with Crippen LogP contribution in [0.25, 0.3) is 0 Å². The van der Waals surface area contributed by atoms with Gasteiger partial charge in [0.2, 0.25) is 0 Å². The molecule has 1 aliphatic heterocycles. The molecule has 2 N–H and O–H groups in total. The van der Waals surface area contributed by atoms with Gasteiger partial charge in [-0.15, -0.1) is 0 Å². The predicted octanol–water partition coefficient (Wildman–Crippen LogP) is 3.64. The van der Waals surface area contributed by atoms with Crippen molar-refractivity contribution in [1.82, 2.24) is 10.2 Å². The number of likely N-dealkylation sites (tertiary alicyclic amines) is 1. The molecule has 0 unspecified atom stereocenters. The third-order valence-corrected chi connectivity index (χ3v) is 5.72. The molecule has 2 aliphatic rings. The molecule has 0 spiro atoms. The van der Waals surface area contributed by atoms with Gasteiger partial charge in [0.05, 0.1) is 6.10 Å².